The predicted molar refractivity (Wildman–Crippen MR) is 172 cm³/mol. The maximum Gasteiger partial charge on any atom is 0.137 e. The van der Waals surface area contributed by atoms with Crippen LogP contribution in [0.1, 0.15) is 0 Å². The highest BCUT2D eigenvalue weighted by molar-refractivity contribution is 14.1. The molecule has 0 saturated heterocycles. The molecule has 0 unspecified atom stereocenters. The molecule has 0 N–H and O–H groups in total. The molecule has 0 amide bonds. The minimum atomic E-state index is 0.904. The van der Waals surface area contributed by atoms with Gasteiger partial charge in [0.05, 0.1) is 22.1 Å². The highest BCUT2D eigenvalue weighted by Gasteiger charge is 2.23. The van der Waals surface area contributed by atoms with Gasteiger partial charge in [-0.25, -0.2) is 0 Å². The molecule has 6 aromatic carbocycles. The van der Waals surface area contributed by atoms with Crippen LogP contribution < -0.4 is 0 Å². The molecule has 0 atom stereocenters. The zero-order chi connectivity index (χ0) is 25.9. The van der Waals surface area contributed by atoms with Crippen LogP contribution in [-0.4, -0.2) is 4.57 Å². The second-order valence-electron chi connectivity index (χ2n) is 9.87. The second kappa shape index (κ2) is 8.85. The van der Waals surface area contributed by atoms with Crippen molar-refractivity contribution in [1.29, 1.82) is 0 Å². The molecule has 0 fully saturated rings. The minimum absolute atomic E-state index is 0.904. The first-order valence-corrected chi connectivity index (χ1v) is 14.1. The maximum absolute atomic E-state index is 6.38. The Balaban J connectivity index is 1.65. The van der Waals surface area contributed by atoms with Crippen LogP contribution in [-0.2, 0) is 0 Å². The van der Waals surface area contributed by atoms with Crippen LogP contribution in [0.2, 0.25) is 0 Å². The Bertz CT molecular complexity index is 2110. The minimum Gasteiger partial charge on any atom is -0.456 e. The molecule has 8 aromatic rings. The van der Waals surface area contributed by atoms with E-state index in [1.54, 1.807) is 0 Å². The molecule has 0 saturated carbocycles. The Labute approximate surface area is 239 Å². The van der Waals surface area contributed by atoms with Crippen LogP contribution in [0.5, 0.6) is 0 Å². The zero-order valence-electron chi connectivity index (χ0n) is 20.9. The summed E-state index contributed by atoms with van der Waals surface area (Å²) in [5, 5.41) is 4.74. The van der Waals surface area contributed by atoms with Crippen LogP contribution >= 0.6 is 22.6 Å². The Morgan fingerprint density at radius 3 is 1.79 bits per heavy atom. The zero-order valence-corrected chi connectivity index (χ0v) is 23.1. The summed E-state index contributed by atoms with van der Waals surface area (Å²) >= 11 is 2.46. The van der Waals surface area contributed by atoms with Crippen LogP contribution in [0.3, 0.4) is 0 Å². The van der Waals surface area contributed by atoms with E-state index in [9.17, 15) is 0 Å². The smallest absolute Gasteiger partial charge is 0.137 e. The highest BCUT2D eigenvalue weighted by Crippen LogP contribution is 2.45. The molecular formula is C36H22INO. The second-order valence-corrected chi connectivity index (χ2v) is 11.1. The van der Waals surface area contributed by atoms with Crippen LogP contribution in [0.25, 0.3) is 71.7 Å². The molecule has 8 rings (SSSR count). The summed E-state index contributed by atoms with van der Waals surface area (Å²) in [5.41, 5.74) is 10.1. The summed E-state index contributed by atoms with van der Waals surface area (Å²) in [6.45, 7) is 0. The monoisotopic (exact) mass is 611 g/mol. The number of halogens is 1. The van der Waals surface area contributed by atoms with Crippen molar-refractivity contribution in [3.8, 4) is 27.9 Å². The van der Waals surface area contributed by atoms with E-state index in [4.69, 9.17) is 4.42 Å². The molecule has 0 aliphatic rings. The van der Waals surface area contributed by atoms with Gasteiger partial charge in [0, 0.05) is 30.9 Å². The van der Waals surface area contributed by atoms with Gasteiger partial charge in [-0.3, -0.25) is 0 Å². The van der Waals surface area contributed by atoms with Crippen molar-refractivity contribution in [3.05, 3.63) is 137 Å². The van der Waals surface area contributed by atoms with Crippen molar-refractivity contribution in [2.75, 3.05) is 0 Å². The van der Waals surface area contributed by atoms with E-state index in [1.165, 1.54) is 53.3 Å². The van der Waals surface area contributed by atoms with Crippen molar-refractivity contribution in [1.82, 2.24) is 4.57 Å². The number of furan rings is 1. The molecule has 2 aromatic heterocycles. The Morgan fingerprint density at radius 2 is 1.10 bits per heavy atom. The molecule has 0 aliphatic heterocycles. The third-order valence-electron chi connectivity index (χ3n) is 7.64. The van der Waals surface area contributed by atoms with E-state index in [-0.39, 0.29) is 0 Å². The van der Waals surface area contributed by atoms with Gasteiger partial charge in [-0.15, -0.1) is 0 Å². The molecule has 2 heterocycles. The average Bonchev–Trinajstić information content (AvgIpc) is 3.53. The van der Waals surface area contributed by atoms with Gasteiger partial charge in [0.1, 0.15) is 11.2 Å². The molecule has 0 spiro atoms. The topological polar surface area (TPSA) is 18.1 Å². The largest absolute Gasteiger partial charge is 0.456 e. The average molecular weight is 611 g/mol. The summed E-state index contributed by atoms with van der Waals surface area (Å²) < 4.78 is 10.1. The Morgan fingerprint density at radius 1 is 0.513 bits per heavy atom. The number of hydrogen-bond acceptors (Lipinski definition) is 1. The first-order valence-electron chi connectivity index (χ1n) is 13.1. The van der Waals surface area contributed by atoms with Crippen molar-refractivity contribution < 1.29 is 4.42 Å². The lowest BCUT2D eigenvalue weighted by Crippen LogP contribution is -2.02. The fourth-order valence-electron chi connectivity index (χ4n) is 6.01. The first-order chi connectivity index (χ1) is 19.3. The summed E-state index contributed by atoms with van der Waals surface area (Å²) in [7, 11) is 0. The summed E-state index contributed by atoms with van der Waals surface area (Å²) in [4.78, 5) is 0. The van der Waals surface area contributed by atoms with Gasteiger partial charge in [0.25, 0.3) is 0 Å². The van der Waals surface area contributed by atoms with E-state index in [2.05, 4.69) is 155 Å². The number of aromatic nitrogens is 1. The number of hydrogen-bond donors (Lipinski definition) is 0. The van der Waals surface area contributed by atoms with Crippen molar-refractivity contribution in [2.45, 2.75) is 0 Å². The number of nitrogens with zero attached hydrogens (tertiary/aromatic N) is 1. The number of benzene rings is 6. The molecule has 3 heteroatoms. The van der Waals surface area contributed by atoms with Gasteiger partial charge < -0.3 is 8.98 Å². The van der Waals surface area contributed by atoms with Gasteiger partial charge in [-0.2, -0.15) is 0 Å². The van der Waals surface area contributed by atoms with Gasteiger partial charge in [-0.05, 0) is 70.1 Å². The van der Waals surface area contributed by atoms with E-state index < -0.39 is 0 Å². The first kappa shape index (κ1) is 22.6. The summed E-state index contributed by atoms with van der Waals surface area (Å²) in [6.07, 6.45) is 0. The molecule has 0 bridgehead atoms. The van der Waals surface area contributed by atoms with E-state index in [0.29, 0.717) is 0 Å². The quantitative estimate of drug-likeness (QED) is 0.182. The predicted octanol–water partition coefficient (Wildman–Crippen LogP) is 10.6. The normalized spacial score (nSPS) is 11.7. The molecule has 0 radical (unpaired) electrons. The third-order valence-corrected chi connectivity index (χ3v) is 8.27. The fourth-order valence-corrected chi connectivity index (χ4v) is 6.64. The van der Waals surface area contributed by atoms with E-state index >= 15 is 0 Å². The number of rotatable bonds is 3. The molecule has 39 heavy (non-hydrogen) atoms. The lowest BCUT2D eigenvalue weighted by molar-refractivity contribution is 0.669. The number of fused-ring (bicyclic) bond motifs is 7. The van der Waals surface area contributed by atoms with Crippen molar-refractivity contribution >= 4 is 66.3 Å². The highest BCUT2D eigenvalue weighted by atomic mass is 127. The van der Waals surface area contributed by atoms with Gasteiger partial charge >= 0.3 is 0 Å². The van der Waals surface area contributed by atoms with Crippen molar-refractivity contribution in [2.24, 2.45) is 0 Å². The lowest BCUT2D eigenvalue weighted by Gasteiger charge is -2.20. The molecule has 0 aliphatic carbocycles. The van der Waals surface area contributed by atoms with Gasteiger partial charge in [-0.1, -0.05) is 97.1 Å². The lowest BCUT2D eigenvalue weighted by atomic mass is 9.95. The standard InChI is InChI=1S/C36H22INO/c37-25-21-29(23-11-3-1-4-12-23)35(30(22-25)24-13-5-2-6-14-24)38-31-17-9-7-15-26(31)27-19-20-33-34(36(27)38)28-16-8-10-18-32(28)39-33/h1-22H. The van der Waals surface area contributed by atoms with E-state index in [1.807, 2.05) is 6.07 Å². The fraction of sp³-hybridized carbons (Fsp3) is 0. The van der Waals surface area contributed by atoms with Crippen molar-refractivity contribution in [3.63, 3.8) is 0 Å². The maximum atomic E-state index is 6.38. The van der Waals surface area contributed by atoms with Crippen LogP contribution in [0.4, 0.5) is 0 Å². The van der Waals surface area contributed by atoms with Crippen LogP contribution in [0.15, 0.2) is 138 Å². The van der Waals surface area contributed by atoms with Gasteiger partial charge in [0.15, 0.2) is 0 Å². The summed E-state index contributed by atoms with van der Waals surface area (Å²) in [6, 6.07) is 47.6. The Hall–Kier alpha value is -4.35. The summed E-state index contributed by atoms with van der Waals surface area (Å²) in [5.74, 6) is 0. The Kier molecular flexibility index (Phi) is 5.13. The van der Waals surface area contributed by atoms with Gasteiger partial charge in [0.2, 0.25) is 0 Å². The molecule has 2 nitrogen and oxygen atoms in total. The SMILES string of the molecule is Ic1cc(-c2ccccc2)c(-n2c3ccccc3c3ccc4oc5ccccc5c4c32)c(-c2ccccc2)c1. The molecular weight excluding hydrogens is 589 g/mol. The number of para-hydroxylation sites is 2. The van der Waals surface area contributed by atoms with Crippen LogP contribution in [0, 0.1) is 3.57 Å². The third kappa shape index (κ3) is 3.46. The van der Waals surface area contributed by atoms with E-state index in [0.717, 1.165) is 21.9 Å². The molecule has 184 valence electrons.